The van der Waals surface area contributed by atoms with E-state index >= 15 is 0 Å². The SMILES string of the molecule is Cc1nc(CCNC(=O)c2ccccc2N)sc1C.Cl.Cl. The summed E-state index contributed by atoms with van der Waals surface area (Å²) in [7, 11) is 0. The highest BCUT2D eigenvalue weighted by atomic mass is 35.5. The van der Waals surface area contributed by atoms with Gasteiger partial charge in [0.2, 0.25) is 0 Å². The van der Waals surface area contributed by atoms with Gasteiger partial charge in [-0.25, -0.2) is 4.98 Å². The fourth-order valence-electron chi connectivity index (χ4n) is 1.73. The number of para-hydroxylation sites is 1. The monoisotopic (exact) mass is 347 g/mol. The third-order valence-electron chi connectivity index (χ3n) is 2.90. The molecule has 0 aliphatic rings. The van der Waals surface area contributed by atoms with E-state index in [4.69, 9.17) is 5.73 Å². The smallest absolute Gasteiger partial charge is 0.253 e. The first kappa shape index (κ1) is 19.7. The lowest BCUT2D eigenvalue weighted by molar-refractivity contribution is 0.0955. The Morgan fingerprint density at radius 1 is 1.29 bits per heavy atom. The van der Waals surface area contributed by atoms with Crippen LogP contribution in [0.15, 0.2) is 24.3 Å². The van der Waals surface area contributed by atoms with Gasteiger partial charge in [-0.15, -0.1) is 36.2 Å². The number of anilines is 1. The second-order valence-corrected chi connectivity index (χ2v) is 5.63. The topological polar surface area (TPSA) is 68.0 Å². The second-order valence-electron chi connectivity index (χ2n) is 4.34. The number of carbonyl (C=O) groups excluding carboxylic acids is 1. The largest absolute Gasteiger partial charge is 0.398 e. The van der Waals surface area contributed by atoms with Crippen molar-refractivity contribution in [3.05, 3.63) is 45.4 Å². The molecule has 0 unspecified atom stereocenters. The Morgan fingerprint density at radius 2 is 1.95 bits per heavy atom. The van der Waals surface area contributed by atoms with Crippen molar-refractivity contribution in [1.82, 2.24) is 10.3 Å². The molecule has 0 saturated carbocycles. The number of carbonyl (C=O) groups is 1. The average Bonchev–Trinajstić information content (AvgIpc) is 2.69. The third-order valence-corrected chi connectivity index (χ3v) is 4.04. The zero-order chi connectivity index (χ0) is 13.8. The summed E-state index contributed by atoms with van der Waals surface area (Å²) in [5.74, 6) is -0.136. The molecule has 0 atom stereocenters. The van der Waals surface area contributed by atoms with Crippen LogP contribution < -0.4 is 11.1 Å². The van der Waals surface area contributed by atoms with Crippen molar-refractivity contribution < 1.29 is 4.79 Å². The van der Waals surface area contributed by atoms with Crippen molar-refractivity contribution in [3.63, 3.8) is 0 Å². The molecule has 116 valence electrons. The maximum atomic E-state index is 11.9. The number of hydrogen-bond acceptors (Lipinski definition) is 4. The zero-order valence-corrected chi connectivity index (χ0v) is 14.3. The van der Waals surface area contributed by atoms with Crippen LogP contribution in [0.4, 0.5) is 5.69 Å². The Morgan fingerprint density at radius 3 is 2.52 bits per heavy atom. The third kappa shape index (κ3) is 5.19. The van der Waals surface area contributed by atoms with Crippen LogP contribution in [0.2, 0.25) is 0 Å². The number of amides is 1. The van der Waals surface area contributed by atoms with Crippen LogP contribution in [0.1, 0.15) is 25.9 Å². The molecule has 1 aromatic carbocycles. The lowest BCUT2D eigenvalue weighted by Crippen LogP contribution is -2.26. The molecular weight excluding hydrogens is 329 g/mol. The van der Waals surface area contributed by atoms with Crippen LogP contribution in [0.5, 0.6) is 0 Å². The van der Waals surface area contributed by atoms with Gasteiger partial charge in [-0.3, -0.25) is 4.79 Å². The normalized spacial score (nSPS) is 9.43. The number of hydrogen-bond donors (Lipinski definition) is 2. The van der Waals surface area contributed by atoms with Gasteiger partial charge in [0.15, 0.2) is 0 Å². The molecule has 4 nitrogen and oxygen atoms in total. The molecule has 0 spiro atoms. The number of aryl methyl sites for hydroxylation is 2. The number of rotatable bonds is 4. The number of nitrogens with two attached hydrogens (primary N) is 1. The number of aromatic nitrogens is 1. The number of thiazole rings is 1. The molecule has 0 aliphatic heterocycles. The highest BCUT2D eigenvalue weighted by molar-refractivity contribution is 7.11. The van der Waals surface area contributed by atoms with Gasteiger partial charge in [0.1, 0.15) is 0 Å². The summed E-state index contributed by atoms with van der Waals surface area (Å²) < 4.78 is 0. The van der Waals surface area contributed by atoms with Crippen LogP contribution in [0.25, 0.3) is 0 Å². The van der Waals surface area contributed by atoms with Crippen LogP contribution in [-0.2, 0) is 6.42 Å². The quantitative estimate of drug-likeness (QED) is 0.834. The van der Waals surface area contributed by atoms with Crippen molar-refractivity contribution >= 4 is 47.7 Å². The molecular formula is C14H19Cl2N3OS. The van der Waals surface area contributed by atoms with E-state index in [1.165, 1.54) is 4.88 Å². The highest BCUT2D eigenvalue weighted by Gasteiger charge is 2.09. The summed E-state index contributed by atoms with van der Waals surface area (Å²) in [6.45, 7) is 4.62. The summed E-state index contributed by atoms with van der Waals surface area (Å²) in [6, 6.07) is 7.07. The predicted molar refractivity (Wildman–Crippen MR) is 93.0 cm³/mol. The fourth-order valence-corrected chi connectivity index (χ4v) is 2.66. The average molecular weight is 348 g/mol. The maximum Gasteiger partial charge on any atom is 0.253 e. The van der Waals surface area contributed by atoms with Gasteiger partial charge in [0.05, 0.1) is 16.3 Å². The summed E-state index contributed by atoms with van der Waals surface area (Å²) >= 11 is 1.68. The lowest BCUT2D eigenvalue weighted by Gasteiger charge is -2.06. The number of nitrogens with zero attached hydrogens (tertiary/aromatic N) is 1. The van der Waals surface area contributed by atoms with Crippen molar-refractivity contribution in [3.8, 4) is 0 Å². The van der Waals surface area contributed by atoms with Crippen LogP contribution in [0.3, 0.4) is 0 Å². The molecule has 1 heterocycles. The minimum Gasteiger partial charge on any atom is -0.398 e. The second kappa shape index (κ2) is 8.87. The molecule has 0 fully saturated rings. The van der Waals surface area contributed by atoms with Gasteiger partial charge in [0, 0.05) is 23.5 Å². The van der Waals surface area contributed by atoms with Crippen molar-refractivity contribution in [2.75, 3.05) is 12.3 Å². The highest BCUT2D eigenvalue weighted by Crippen LogP contribution is 2.16. The van der Waals surface area contributed by atoms with Crippen molar-refractivity contribution in [1.29, 1.82) is 0 Å². The minimum absolute atomic E-state index is 0. The van der Waals surface area contributed by atoms with Gasteiger partial charge in [0.25, 0.3) is 5.91 Å². The molecule has 0 bridgehead atoms. The number of benzene rings is 1. The molecule has 0 aliphatic carbocycles. The Kier molecular flexibility index (Phi) is 8.32. The Hall–Kier alpha value is -1.30. The predicted octanol–water partition coefficient (Wildman–Crippen LogP) is 3.16. The molecule has 21 heavy (non-hydrogen) atoms. The zero-order valence-electron chi connectivity index (χ0n) is 11.9. The van der Waals surface area contributed by atoms with Gasteiger partial charge < -0.3 is 11.1 Å². The van der Waals surface area contributed by atoms with Gasteiger partial charge in [-0.1, -0.05) is 12.1 Å². The fraction of sp³-hybridized carbons (Fsp3) is 0.286. The Labute approximate surface area is 141 Å². The summed E-state index contributed by atoms with van der Waals surface area (Å²) in [5, 5.41) is 3.92. The van der Waals surface area contributed by atoms with Gasteiger partial charge >= 0.3 is 0 Å². The molecule has 7 heteroatoms. The van der Waals surface area contributed by atoms with Gasteiger partial charge in [-0.05, 0) is 26.0 Å². The summed E-state index contributed by atoms with van der Waals surface area (Å²) in [4.78, 5) is 17.6. The van der Waals surface area contributed by atoms with Crippen LogP contribution in [-0.4, -0.2) is 17.4 Å². The van der Waals surface area contributed by atoms with Crippen molar-refractivity contribution in [2.45, 2.75) is 20.3 Å². The van der Waals surface area contributed by atoms with Crippen molar-refractivity contribution in [2.24, 2.45) is 0 Å². The van der Waals surface area contributed by atoms with E-state index in [1.54, 1.807) is 29.5 Å². The van der Waals surface area contributed by atoms with E-state index in [0.717, 1.165) is 17.1 Å². The molecule has 1 amide bonds. The van der Waals surface area contributed by atoms with Crippen LogP contribution in [0, 0.1) is 13.8 Å². The molecule has 0 radical (unpaired) electrons. The van der Waals surface area contributed by atoms with Crippen LogP contribution >= 0.6 is 36.2 Å². The van der Waals surface area contributed by atoms with E-state index in [2.05, 4.69) is 17.2 Å². The Balaban J connectivity index is 0.00000200. The first-order chi connectivity index (χ1) is 9.08. The molecule has 2 aromatic rings. The summed E-state index contributed by atoms with van der Waals surface area (Å²) in [6.07, 6.45) is 0.748. The number of nitrogen functional groups attached to an aromatic ring is 1. The van der Waals surface area contributed by atoms with E-state index < -0.39 is 0 Å². The molecule has 2 rings (SSSR count). The number of nitrogens with one attached hydrogen (secondary N) is 1. The molecule has 3 N–H and O–H groups in total. The minimum atomic E-state index is -0.136. The Bertz CT molecular complexity index is 582. The lowest BCUT2D eigenvalue weighted by atomic mass is 10.1. The van der Waals surface area contributed by atoms with E-state index in [9.17, 15) is 4.79 Å². The first-order valence-electron chi connectivity index (χ1n) is 6.13. The molecule has 1 aromatic heterocycles. The van der Waals surface area contributed by atoms with E-state index in [0.29, 0.717) is 17.8 Å². The van der Waals surface area contributed by atoms with E-state index in [-0.39, 0.29) is 30.7 Å². The standard InChI is InChI=1S/C14H17N3OS.2ClH/c1-9-10(2)19-13(17-9)7-8-16-14(18)11-5-3-4-6-12(11)15;;/h3-6H,7-8,15H2,1-2H3,(H,16,18);2*1H. The van der Waals surface area contributed by atoms with Gasteiger partial charge in [-0.2, -0.15) is 0 Å². The summed E-state index contributed by atoms with van der Waals surface area (Å²) in [5.41, 5.74) is 7.85. The first-order valence-corrected chi connectivity index (χ1v) is 6.95. The number of halogens is 2. The maximum absolute atomic E-state index is 11.9. The van der Waals surface area contributed by atoms with E-state index in [1.807, 2.05) is 13.0 Å². The molecule has 0 saturated heterocycles.